The monoisotopic (exact) mass is 476 g/mol. The maximum absolute atomic E-state index is 13.5. The summed E-state index contributed by atoms with van der Waals surface area (Å²) in [7, 11) is -3.32. The number of nitrogens with zero attached hydrogens (tertiary/aromatic N) is 2. The van der Waals surface area contributed by atoms with Gasteiger partial charge in [-0.15, -0.1) is 11.8 Å². The van der Waals surface area contributed by atoms with Crippen molar-refractivity contribution in [2.45, 2.75) is 35.7 Å². The first-order chi connectivity index (χ1) is 14.8. The van der Waals surface area contributed by atoms with Crippen LogP contribution in [-0.2, 0) is 14.6 Å². The van der Waals surface area contributed by atoms with Crippen molar-refractivity contribution in [1.29, 1.82) is 0 Å². The van der Waals surface area contributed by atoms with Gasteiger partial charge in [-0.1, -0.05) is 24.3 Å². The van der Waals surface area contributed by atoms with Gasteiger partial charge in [0.15, 0.2) is 15.0 Å². The summed E-state index contributed by atoms with van der Waals surface area (Å²) in [6.07, 6.45) is 3.03. The Morgan fingerprint density at radius 3 is 2.84 bits per heavy atom. The Bertz CT molecular complexity index is 1200. The number of hydrogen-bond donors (Lipinski definition) is 0. The summed E-state index contributed by atoms with van der Waals surface area (Å²) in [5, 5.41) is 0.551. The molecular weight excluding hydrogens is 452 g/mol. The number of sulfone groups is 1. The zero-order chi connectivity index (χ0) is 22.0. The van der Waals surface area contributed by atoms with Crippen molar-refractivity contribution in [3.63, 3.8) is 0 Å². The molecule has 1 saturated heterocycles. The quantitative estimate of drug-likeness (QED) is 0.463. The zero-order valence-corrected chi connectivity index (χ0v) is 19.9. The number of benzene rings is 2. The van der Waals surface area contributed by atoms with Crippen LogP contribution in [0.3, 0.4) is 0 Å². The van der Waals surface area contributed by atoms with Gasteiger partial charge < -0.3 is 4.74 Å². The van der Waals surface area contributed by atoms with Gasteiger partial charge in [-0.05, 0) is 55.0 Å². The lowest BCUT2D eigenvalue weighted by atomic mass is 10.2. The number of fused-ring (bicyclic) bond motifs is 1. The fourth-order valence-electron chi connectivity index (χ4n) is 3.52. The number of hydrogen-bond acceptors (Lipinski definition) is 7. The van der Waals surface area contributed by atoms with E-state index in [-0.39, 0.29) is 16.9 Å². The van der Waals surface area contributed by atoms with Crippen molar-refractivity contribution in [2.75, 3.05) is 30.1 Å². The normalized spacial score (nSPS) is 16.6. The number of aromatic nitrogens is 1. The van der Waals surface area contributed by atoms with Gasteiger partial charge in [0.25, 0.3) is 5.91 Å². The van der Waals surface area contributed by atoms with E-state index in [1.807, 2.05) is 24.3 Å². The number of anilines is 1. The lowest BCUT2D eigenvalue weighted by molar-refractivity contribution is 0.0917. The minimum atomic E-state index is -3.32. The molecule has 1 fully saturated rings. The maximum atomic E-state index is 13.5. The van der Waals surface area contributed by atoms with E-state index in [0.717, 1.165) is 28.2 Å². The summed E-state index contributed by atoms with van der Waals surface area (Å²) < 4.78 is 30.4. The van der Waals surface area contributed by atoms with Crippen LogP contribution in [0.25, 0.3) is 10.2 Å². The molecule has 164 valence electrons. The second-order valence-corrected chi connectivity index (χ2v) is 11.8. The lowest BCUT2D eigenvalue weighted by Gasteiger charge is -2.23. The van der Waals surface area contributed by atoms with Crippen LogP contribution in [0.15, 0.2) is 52.3 Å². The molecule has 6 nitrogen and oxygen atoms in total. The third-order valence-corrected chi connectivity index (χ3v) is 8.08. The summed E-state index contributed by atoms with van der Waals surface area (Å²) >= 11 is 3.01. The molecule has 0 spiro atoms. The van der Waals surface area contributed by atoms with Crippen LogP contribution in [0.2, 0.25) is 0 Å². The van der Waals surface area contributed by atoms with Gasteiger partial charge in [-0.25, -0.2) is 13.4 Å². The fraction of sp³-hybridized carbons (Fsp3) is 0.364. The highest BCUT2D eigenvalue weighted by Gasteiger charge is 2.27. The molecule has 1 amide bonds. The lowest BCUT2D eigenvalue weighted by Crippen LogP contribution is -2.37. The molecule has 31 heavy (non-hydrogen) atoms. The molecular formula is C22H24N2O4S3. The molecule has 2 aromatic carbocycles. The summed E-state index contributed by atoms with van der Waals surface area (Å²) in [4.78, 5) is 21.1. The molecule has 3 aromatic rings. The average molecular weight is 477 g/mol. The van der Waals surface area contributed by atoms with E-state index in [1.165, 1.54) is 17.6 Å². The Balaban J connectivity index is 1.72. The molecule has 0 N–H and O–H groups in total. The molecule has 0 bridgehead atoms. The van der Waals surface area contributed by atoms with Gasteiger partial charge in [-0.3, -0.25) is 9.69 Å². The highest BCUT2D eigenvalue weighted by atomic mass is 32.2. The molecule has 0 radical (unpaired) electrons. The van der Waals surface area contributed by atoms with Gasteiger partial charge in [0.2, 0.25) is 0 Å². The van der Waals surface area contributed by atoms with Crippen LogP contribution in [0, 0.1) is 0 Å². The van der Waals surface area contributed by atoms with Crippen molar-refractivity contribution < 1.29 is 17.9 Å². The van der Waals surface area contributed by atoms with Crippen molar-refractivity contribution >= 4 is 54.2 Å². The molecule has 1 aromatic heterocycles. The van der Waals surface area contributed by atoms with Crippen LogP contribution in [-0.4, -0.2) is 50.6 Å². The molecule has 1 aliphatic heterocycles. The number of thiazole rings is 1. The topological polar surface area (TPSA) is 76.6 Å². The number of ether oxygens (including phenoxy) is 1. The number of rotatable bonds is 7. The molecule has 0 aliphatic carbocycles. The second kappa shape index (κ2) is 9.28. The SMILES string of the molecule is CCSc1cccc(C(=O)N(CC2CCCO2)c2nc3ccc(S(C)(=O)=O)cc3s2)c1. The molecule has 0 saturated carbocycles. The van der Waals surface area contributed by atoms with Crippen LogP contribution in [0.1, 0.15) is 30.1 Å². The average Bonchev–Trinajstić information content (AvgIpc) is 3.40. The fourth-order valence-corrected chi connectivity index (χ4v) is 5.97. The van der Waals surface area contributed by atoms with Crippen molar-refractivity contribution in [3.8, 4) is 0 Å². The molecule has 9 heteroatoms. The standard InChI is InChI=1S/C22H24N2O4S3/c1-3-29-17-8-4-6-15(12-17)21(25)24(14-16-7-5-11-28-16)22-23-19-10-9-18(31(2,26)27)13-20(19)30-22/h4,6,8-10,12-13,16H,3,5,7,11,14H2,1-2H3. The Kier molecular flexibility index (Phi) is 6.66. The summed E-state index contributed by atoms with van der Waals surface area (Å²) in [6, 6.07) is 12.5. The Labute approximate surface area is 190 Å². The zero-order valence-electron chi connectivity index (χ0n) is 17.4. The van der Waals surface area contributed by atoms with Gasteiger partial charge >= 0.3 is 0 Å². The number of carbonyl (C=O) groups is 1. The minimum Gasteiger partial charge on any atom is -0.376 e. The maximum Gasteiger partial charge on any atom is 0.260 e. The molecule has 1 aliphatic rings. The van der Waals surface area contributed by atoms with E-state index in [0.29, 0.717) is 29.4 Å². The first kappa shape index (κ1) is 22.3. The van der Waals surface area contributed by atoms with Crippen LogP contribution >= 0.6 is 23.1 Å². The van der Waals surface area contributed by atoms with Crippen LogP contribution in [0.4, 0.5) is 5.13 Å². The van der Waals surface area contributed by atoms with Gasteiger partial charge in [0.05, 0.1) is 27.8 Å². The predicted molar refractivity (Wildman–Crippen MR) is 126 cm³/mol. The number of amides is 1. The predicted octanol–water partition coefficient (Wildman–Crippen LogP) is 4.64. The van der Waals surface area contributed by atoms with Crippen LogP contribution < -0.4 is 4.90 Å². The third kappa shape index (κ3) is 5.11. The third-order valence-electron chi connectivity index (χ3n) is 5.06. The highest BCUT2D eigenvalue weighted by Crippen LogP contribution is 2.32. The van der Waals surface area contributed by atoms with Gasteiger partial charge in [0, 0.05) is 23.3 Å². The van der Waals surface area contributed by atoms with E-state index < -0.39 is 9.84 Å². The Hall–Kier alpha value is -1.94. The first-order valence-electron chi connectivity index (χ1n) is 10.1. The second-order valence-electron chi connectivity index (χ2n) is 7.41. The molecule has 2 heterocycles. The van der Waals surface area contributed by atoms with Crippen molar-refractivity contribution in [3.05, 3.63) is 48.0 Å². The summed E-state index contributed by atoms with van der Waals surface area (Å²) in [5.74, 6) is 0.800. The Morgan fingerprint density at radius 2 is 2.13 bits per heavy atom. The Morgan fingerprint density at radius 1 is 1.29 bits per heavy atom. The van der Waals surface area contributed by atoms with E-state index >= 15 is 0 Å². The molecule has 4 rings (SSSR count). The van der Waals surface area contributed by atoms with Gasteiger partial charge in [-0.2, -0.15) is 0 Å². The van der Waals surface area contributed by atoms with Crippen LogP contribution in [0.5, 0.6) is 0 Å². The van der Waals surface area contributed by atoms with Crippen molar-refractivity contribution in [2.24, 2.45) is 0 Å². The summed E-state index contributed by atoms with van der Waals surface area (Å²) in [5.41, 5.74) is 1.28. The van der Waals surface area contributed by atoms with E-state index in [4.69, 9.17) is 4.74 Å². The van der Waals surface area contributed by atoms with E-state index in [9.17, 15) is 13.2 Å². The van der Waals surface area contributed by atoms with E-state index in [2.05, 4.69) is 11.9 Å². The highest BCUT2D eigenvalue weighted by molar-refractivity contribution is 7.99. The molecule has 1 atom stereocenters. The first-order valence-corrected chi connectivity index (χ1v) is 13.8. The molecule has 1 unspecified atom stereocenters. The summed E-state index contributed by atoms with van der Waals surface area (Å²) in [6.45, 7) is 3.20. The minimum absolute atomic E-state index is 0.0317. The number of carbonyl (C=O) groups excluding carboxylic acids is 1. The van der Waals surface area contributed by atoms with E-state index in [1.54, 1.807) is 34.9 Å². The van der Waals surface area contributed by atoms with Gasteiger partial charge in [0.1, 0.15) is 0 Å². The largest absolute Gasteiger partial charge is 0.376 e. The van der Waals surface area contributed by atoms with Crippen molar-refractivity contribution in [1.82, 2.24) is 4.98 Å². The smallest absolute Gasteiger partial charge is 0.260 e. The number of thioether (sulfide) groups is 1.